The summed E-state index contributed by atoms with van der Waals surface area (Å²) in [5.74, 6) is 0. The Hall–Kier alpha value is -0.770. The molecule has 0 aromatic heterocycles. The minimum atomic E-state index is -0.394. The van der Waals surface area contributed by atoms with E-state index in [0.29, 0.717) is 0 Å². The average molecular weight is 157 g/mol. The van der Waals surface area contributed by atoms with Crippen LogP contribution in [0.5, 0.6) is 0 Å². The zero-order valence-corrected chi connectivity index (χ0v) is 6.67. The van der Waals surface area contributed by atoms with Crippen molar-refractivity contribution in [3.8, 4) is 0 Å². The van der Waals surface area contributed by atoms with Crippen LogP contribution in [0.15, 0.2) is 0 Å². The largest absolute Gasteiger partial charge is 0.442 e. The molecule has 4 nitrogen and oxygen atoms in total. The van der Waals surface area contributed by atoms with E-state index in [1.165, 1.54) is 6.61 Å². The lowest BCUT2D eigenvalue weighted by Crippen LogP contribution is -2.39. The van der Waals surface area contributed by atoms with Gasteiger partial charge in [-0.05, 0) is 19.8 Å². The molecule has 0 aromatic rings. The summed E-state index contributed by atoms with van der Waals surface area (Å²) in [4.78, 5) is 10.8. The molecule has 0 saturated carbocycles. The summed E-state index contributed by atoms with van der Waals surface area (Å²) in [6.45, 7) is 4.90. The van der Waals surface area contributed by atoms with E-state index >= 15 is 0 Å². The van der Waals surface area contributed by atoms with Gasteiger partial charge in [0.1, 0.15) is 6.61 Å². The summed E-state index contributed by atoms with van der Waals surface area (Å²) in [5, 5.41) is 1.87. The molecule has 0 aliphatic carbocycles. The number of carbonyl (C=O) groups excluding carboxylic acids is 1. The van der Waals surface area contributed by atoms with Crippen molar-refractivity contribution in [3.05, 3.63) is 6.61 Å². The smallest absolute Gasteiger partial charge is 0.422 e. The molecule has 0 atom stereocenters. The molecule has 0 unspecified atom stereocenters. The van der Waals surface area contributed by atoms with Gasteiger partial charge < -0.3 is 4.74 Å². The molecule has 1 radical (unpaired) electrons. The summed E-state index contributed by atoms with van der Waals surface area (Å²) in [7, 11) is 0. The Balaban J connectivity index is 2.13. The lowest BCUT2D eigenvalue weighted by molar-refractivity contribution is 0.136. The third-order valence-corrected chi connectivity index (χ3v) is 1.58. The normalized spacial score (nSPS) is 18.3. The maximum Gasteiger partial charge on any atom is 0.422 e. The van der Waals surface area contributed by atoms with Crippen LogP contribution in [0.3, 0.4) is 0 Å². The third kappa shape index (κ3) is 2.76. The number of carbonyl (C=O) groups is 1. The number of hydrogen-bond acceptors (Lipinski definition) is 3. The molecular weight excluding hydrogens is 144 g/mol. The van der Waals surface area contributed by atoms with E-state index in [-0.39, 0.29) is 0 Å². The van der Waals surface area contributed by atoms with Crippen molar-refractivity contribution < 1.29 is 9.53 Å². The van der Waals surface area contributed by atoms with E-state index in [1.54, 1.807) is 6.92 Å². The van der Waals surface area contributed by atoms with Crippen molar-refractivity contribution in [2.75, 3.05) is 13.1 Å². The second-order valence-electron chi connectivity index (χ2n) is 2.45. The van der Waals surface area contributed by atoms with Gasteiger partial charge >= 0.3 is 6.09 Å². The van der Waals surface area contributed by atoms with Crippen LogP contribution in [-0.2, 0) is 4.74 Å². The molecule has 1 N–H and O–H groups in total. The first kappa shape index (κ1) is 8.33. The monoisotopic (exact) mass is 157 g/mol. The number of amides is 1. The fourth-order valence-corrected chi connectivity index (χ4v) is 1.09. The molecule has 63 valence electrons. The summed E-state index contributed by atoms with van der Waals surface area (Å²) >= 11 is 0. The molecule has 1 rings (SSSR count). The average Bonchev–Trinajstić information content (AvgIpc) is 2.40. The van der Waals surface area contributed by atoms with Gasteiger partial charge in [-0.15, -0.1) is 0 Å². The molecule has 0 bridgehead atoms. The van der Waals surface area contributed by atoms with Crippen LogP contribution >= 0.6 is 0 Å². The second kappa shape index (κ2) is 4.18. The zero-order valence-electron chi connectivity index (χ0n) is 6.67. The molecule has 1 fully saturated rings. The van der Waals surface area contributed by atoms with E-state index < -0.39 is 6.09 Å². The molecule has 1 saturated heterocycles. The minimum absolute atomic E-state index is 0.394. The van der Waals surface area contributed by atoms with Crippen LogP contribution in [0.2, 0.25) is 0 Å². The standard InChI is InChI=1S/C7H13N2O2/c1-2-11-7(10)8-9-5-3-4-6-9/h2H,3-6H2,1H3,(H,8,10). The quantitative estimate of drug-likeness (QED) is 0.647. The Bertz CT molecular complexity index is 132. The summed E-state index contributed by atoms with van der Waals surface area (Å²) in [6, 6.07) is 0. The molecule has 0 aromatic carbocycles. The van der Waals surface area contributed by atoms with Gasteiger partial charge in [-0.25, -0.2) is 9.80 Å². The lowest BCUT2D eigenvalue weighted by Gasteiger charge is -2.14. The Kier molecular flexibility index (Phi) is 3.16. The fraction of sp³-hybridized carbons (Fsp3) is 0.714. The molecule has 1 aliphatic heterocycles. The number of nitrogens with zero attached hydrogens (tertiary/aromatic N) is 1. The van der Waals surface area contributed by atoms with Gasteiger partial charge in [0.25, 0.3) is 0 Å². The van der Waals surface area contributed by atoms with Gasteiger partial charge in [0.2, 0.25) is 0 Å². The molecule has 1 heterocycles. The molecule has 0 spiro atoms. The zero-order chi connectivity index (χ0) is 8.10. The first-order valence-corrected chi connectivity index (χ1v) is 3.83. The SMILES string of the molecule is C[CH]OC(=O)NN1CCCC1. The Labute approximate surface area is 66.5 Å². The van der Waals surface area contributed by atoms with Crippen molar-refractivity contribution in [2.45, 2.75) is 19.8 Å². The van der Waals surface area contributed by atoms with E-state index in [0.717, 1.165) is 25.9 Å². The molecular formula is C7H13N2O2. The number of hydrogen-bond donors (Lipinski definition) is 1. The van der Waals surface area contributed by atoms with Crippen LogP contribution in [0.1, 0.15) is 19.8 Å². The number of ether oxygens (including phenoxy) is 1. The highest BCUT2D eigenvalue weighted by Crippen LogP contribution is 2.03. The summed E-state index contributed by atoms with van der Waals surface area (Å²) in [6.07, 6.45) is 1.90. The lowest BCUT2D eigenvalue weighted by atomic mass is 10.4. The Morgan fingerprint density at radius 2 is 2.18 bits per heavy atom. The minimum Gasteiger partial charge on any atom is -0.442 e. The predicted molar refractivity (Wildman–Crippen MR) is 40.4 cm³/mol. The van der Waals surface area contributed by atoms with Crippen LogP contribution in [0.4, 0.5) is 4.79 Å². The van der Waals surface area contributed by atoms with Crippen molar-refractivity contribution in [1.29, 1.82) is 0 Å². The van der Waals surface area contributed by atoms with Crippen LogP contribution < -0.4 is 5.43 Å². The van der Waals surface area contributed by atoms with Gasteiger partial charge in [-0.3, -0.25) is 5.43 Å². The van der Waals surface area contributed by atoms with Gasteiger partial charge in [0.05, 0.1) is 0 Å². The molecule has 1 aliphatic rings. The second-order valence-corrected chi connectivity index (χ2v) is 2.45. The molecule has 4 heteroatoms. The Morgan fingerprint density at radius 1 is 1.55 bits per heavy atom. The summed E-state index contributed by atoms with van der Waals surface area (Å²) < 4.78 is 4.59. The van der Waals surface area contributed by atoms with Crippen molar-refractivity contribution in [2.24, 2.45) is 0 Å². The van der Waals surface area contributed by atoms with Crippen LogP contribution in [0, 0.1) is 6.61 Å². The van der Waals surface area contributed by atoms with Crippen molar-refractivity contribution in [3.63, 3.8) is 0 Å². The van der Waals surface area contributed by atoms with Gasteiger partial charge in [0.15, 0.2) is 0 Å². The van der Waals surface area contributed by atoms with E-state index in [2.05, 4.69) is 10.2 Å². The molecule has 11 heavy (non-hydrogen) atoms. The highest BCUT2D eigenvalue weighted by molar-refractivity contribution is 5.66. The fourth-order valence-electron chi connectivity index (χ4n) is 1.09. The van der Waals surface area contributed by atoms with Crippen LogP contribution in [0.25, 0.3) is 0 Å². The first-order chi connectivity index (χ1) is 5.33. The van der Waals surface area contributed by atoms with Gasteiger partial charge in [-0.1, -0.05) is 0 Å². The van der Waals surface area contributed by atoms with E-state index in [4.69, 9.17) is 0 Å². The third-order valence-electron chi connectivity index (χ3n) is 1.58. The number of hydrazine groups is 1. The number of nitrogens with one attached hydrogen (secondary N) is 1. The van der Waals surface area contributed by atoms with Crippen molar-refractivity contribution >= 4 is 6.09 Å². The maximum absolute atomic E-state index is 10.8. The predicted octanol–water partition coefficient (Wildman–Crippen LogP) is 0.905. The highest BCUT2D eigenvalue weighted by atomic mass is 16.6. The number of rotatable bonds is 2. The molecule has 1 amide bonds. The maximum atomic E-state index is 10.8. The first-order valence-electron chi connectivity index (χ1n) is 3.83. The summed E-state index contributed by atoms with van der Waals surface area (Å²) in [5.41, 5.74) is 2.62. The van der Waals surface area contributed by atoms with Crippen molar-refractivity contribution in [1.82, 2.24) is 10.4 Å². The van der Waals surface area contributed by atoms with Gasteiger partial charge in [-0.2, -0.15) is 0 Å². The van der Waals surface area contributed by atoms with Crippen LogP contribution in [-0.4, -0.2) is 24.2 Å². The Morgan fingerprint density at radius 3 is 2.73 bits per heavy atom. The van der Waals surface area contributed by atoms with Gasteiger partial charge in [0, 0.05) is 13.1 Å². The van der Waals surface area contributed by atoms with E-state index in [1.807, 2.05) is 5.01 Å². The highest BCUT2D eigenvalue weighted by Gasteiger charge is 2.13. The van der Waals surface area contributed by atoms with E-state index in [9.17, 15) is 4.79 Å². The topological polar surface area (TPSA) is 41.6 Å².